The molecule has 0 aliphatic carbocycles. The Morgan fingerprint density at radius 2 is 2.10 bits per heavy atom. The highest BCUT2D eigenvalue weighted by Crippen LogP contribution is 2.09. The van der Waals surface area contributed by atoms with Gasteiger partial charge in [-0.15, -0.1) is 0 Å². The van der Waals surface area contributed by atoms with Crippen LogP contribution in [0.25, 0.3) is 0 Å². The molecule has 0 saturated carbocycles. The Hall–Kier alpha value is -2.64. The van der Waals surface area contributed by atoms with E-state index in [-0.39, 0.29) is 18.0 Å². The maximum atomic E-state index is 11.9. The molecule has 8 heteroatoms. The molecule has 0 spiro atoms. The fourth-order valence-corrected chi connectivity index (χ4v) is 1.51. The zero-order valence-electron chi connectivity index (χ0n) is 11.8. The standard InChI is InChI=1S/C13H17N3O5/c1-16(5-3-4-11(17)21-2)13(20)15-10-6-9(12(18)19)7-14-8-10/h6-8H,3-5H2,1-2H3,(H,15,20)(H,18,19). The van der Waals surface area contributed by atoms with Gasteiger partial charge in [0.15, 0.2) is 0 Å². The second-order valence-corrected chi connectivity index (χ2v) is 4.30. The molecule has 0 aromatic carbocycles. The molecule has 0 bridgehead atoms. The van der Waals surface area contributed by atoms with Crippen molar-refractivity contribution in [2.75, 3.05) is 26.0 Å². The van der Waals surface area contributed by atoms with Gasteiger partial charge in [0, 0.05) is 26.2 Å². The second kappa shape index (κ2) is 7.83. The van der Waals surface area contributed by atoms with E-state index in [9.17, 15) is 14.4 Å². The number of carbonyl (C=O) groups excluding carboxylic acids is 2. The van der Waals surface area contributed by atoms with Crippen molar-refractivity contribution in [3.05, 3.63) is 24.0 Å². The van der Waals surface area contributed by atoms with Crippen molar-refractivity contribution in [1.29, 1.82) is 0 Å². The van der Waals surface area contributed by atoms with Gasteiger partial charge in [-0.25, -0.2) is 9.59 Å². The molecule has 2 N–H and O–H groups in total. The lowest BCUT2D eigenvalue weighted by molar-refractivity contribution is -0.140. The van der Waals surface area contributed by atoms with Crippen LogP contribution in [-0.4, -0.2) is 53.7 Å². The molecular weight excluding hydrogens is 278 g/mol. The molecule has 21 heavy (non-hydrogen) atoms. The van der Waals surface area contributed by atoms with Gasteiger partial charge in [0.1, 0.15) is 0 Å². The number of anilines is 1. The van der Waals surface area contributed by atoms with Gasteiger partial charge in [0.25, 0.3) is 0 Å². The minimum atomic E-state index is -1.12. The number of amides is 2. The van der Waals surface area contributed by atoms with Crippen LogP contribution in [0.1, 0.15) is 23.2 Å². The molecule has 1 rings (SSSR count). The summed E-state index contributed by atoms with van der Waals surface area (Å²) < 4.78 is 4.50. The number of nitrogens with one attached hydrogen (secondary N) is 1. The van der Waals surface area contributed by atoms with Crippen LogP contribution >= 0.6 is 0 Å². The summed E-state index contributed by atoms with van der Waals surface area (Å²) in [6, 6.07) is 0.902. The van der Waals surface area contributed by atoms with Crippen molar-refractivity contribution in [2.24, 2.45) is 0 Å². The van der Waals surface area contributed by atoms with E-state index in [1.54, 1.807) is 7.05 Å². The van der Waals surface area contributed by atoms with Gasteiger partial charge < -0.3 is 20.1 Å². The molecule has 0 saturated heterocycles. The number of hydrogen-bond donors (Lipinski definition) is 2. The number of hydrogen-bond acceptors (Lipinski definition) is 5. The number of urea groups is 1. The van der Waals surface area contributed by atoms with Gasteiger partial charge in [-0.2, -0.15) is 0 Å². The van der Waals surface area contributed by atoms with Crippen molar-refractivity contribution >= 4 is 23.7 Å². The molecular formula is C13H17N3O5. The molecule has 1 heterocycles. The van der Waals surface area contributed by atoms with Crippen molar-refractivity contribution in [1.82, 2.24) is 9.88 Å². The minimum absolute atomic E-state index is 0.0128. The molecule has 1 aromatic rings. The van der Waals surface area contributed by atoms with Gasteiger partial charge in [0.2, 0.25) is 0 Å². The molecule has 8 nitrogen and oxygen atoms in total. The van der Waals surface area contributed by atoms with Crippen molar-refractivity contribution in [3.63, 3.8) is 0 Å². The van der Waals surface area contributed by atoms with E-state index >= 15 is 0 Å². The summed E-state index contributed by atoms with van der Waals surface area (Å²) in [4.78, 5) is 38.7. The van der Waals surface area contributed by atoms with Gasteiger partial charge in [-0.3, -0.25) is 9.78 Å². The van der Waals surface area contributed by atoms with E-state index in [1.165, 1.54) is 30.5 Å². The third kappa shape index (κ3) is 5.47. The van der Waals surface area contributed by atoms with Crippen LogP contribution in [0.5, 0.6) is 0 Å². The van der Waals surface area contributed by atoms with E-state index in [1.807, 2.05) is 0 Å². The van der Waals surface area contributed by atoms with Crippen LogP contribution < -0.4 is 5.32 Å². The Morgan fingerprint density at radius 1 is 1.38 bits per heavy atom. The first-order valence-electron chi connectivity index (χ1n) is 6.21. The van der Waals surface area contributed by atoms with Crippen LogP contribution in [0, 0.1) is 0 Å². The quantitative estimate of drug-likeness (QED) is 0.763. The summed E-state index contributed by atoms with van der Waals surface area (Å²) in [6.07, 6.45) is 3.25. The molecule has 114 valence electrons. The van der Waals surface area contributed by atoms with E-state index < -0.39 is 12.0 Å². The van der Waals surface area contributed by atoms with E-state index in [0.717, 1.165) is 0 Å². The molecule has 0 aliphatic rings. The van der Waals surface area contributed by atoms with Gasteiger partial charge in [-0.05, 0) is 12.5 Å². The van der Waals surface area contributed by atoms with E-state index in [0.29, 0.717) is 18.7 Å². The first kappa shape index (κ1) is 16.4. The van der Waals surface area contributed by atoms with Crippen LogP contribution in [-0.2, 0) is 9.53 Å². The lowest BCUT2D eigenvalue weighted by Crippen LogP contribution is -2.32. The number of pyridine rings is 1. The molecule has 0 unspecified atom stereocenters. The summed E-state index contributed by atoms with van der Waals surface area (Å²) in [5, 5.41) is 11.4. The minimum Gasteiger partial charge on any atom is -0.478 e. The summed E-state index contributed by atoms with van der Waals surface area (Å²) in [7, 11) is 2.88. The van der Waals surface area contributed by atoms with Crippen molar-refractivity contribution in [2.45, 2.75) is 12.8 Å². The number of nitrogens with zero attached hydrogens (tertiary/aromatic N) is 2. The number of ether oxygens (including phenoxy) is 1. The predicted molar refractivity (Wildman–Crippen MR) is 74.1 cm³/mol. The summed E-state index contributed by atoms with van der Waals surface area (Å²) >= 11 is 0. The van der Waals surface area contributed by atoms with Crippen molar-refractivity contribution < 1.29 is 24.2 Å². The monoisotopic (exact) mass is 295 g/mol. The molecule has 2 amide bonds. The topological polar surface area (TPSA) is 109 Å². The predicted octanol–water partition coefficient (Wildman–Crippen LogP) is 1.20. The summed E-state index contributed by atoms with van der Waals surface area (Å²) in [6.45, 7) is 0.368. The second-order valence-electron chi connectivity index (χ2n) is 4.30. The average molecular weight is 295 g/mol. The highest BCUT2D eigenvalue weighted by atomic mass is 16.5. The van der Waals surface area contributed by atoms with Crippen LogP contribution in [0.3, 0.4) is 0 Å². The SMILES string of the molecule is COC(=O)CCCN(C)C(=O)Nc1cncc(C(=O)O)c1. The Labute approximate surface area is 121 Å². The number of carboxylic acid groups (broad SMARTS) is 1. The van der Waals surface area contributed by atoms with Gasteiger partial charge >= 0.3 is 18.0 Å². The fourth-order valence-electron chi connectivity index (χ4n) is 1.51. The highest BCUT2D eigenvalue weighted by Gasteiger charge is 2.11. The maximum Gasteiger partial charge on any atom is 0.337 e. The normalized spacial score (nSPS) is 9.81. The summed E-state index contributed by atoms with van der Waals surface area (Å²) in [5.74, 6) is -1.45. The van der Waals surface area contributed by atoms with Gasteiger partial charge in [-0.1, -0.05) is 0 Å². The van der Waals surface area contributed by atoms with E-state index in [4.69, 9.17) is 5.11 Å². The Bertz CT molecular complexity index is 532. The van der Waals surface area contributed by atoms with E-state index in [2.05, 4.69) is 15.0 Å². The Morgan fingerprint density at radius 3 is 2.71 bits per heavy atom. The number of aromatic nitrogens is 1. The number of carboxylic acids is 1. The smallest absolute Gasteiger partial charge is 0.337 e. The third-order valence-electron chi connectivity index (χ3n) is 2.69. The van der Waals surface area contributed by atoms with Gasteiger partial charge in [0.05, 0.1) is 24.6 Å². The van der Waals surface area contributed by atoms with Crippen LogP contribution in [0.2, 0.25) is 0 Å². The molecule has 0 fully saturated rings. The first-order valence-corrected chi connectivity index (χ1v) is 6.21. The molecule has 0 atom stereocenters. The summed E-state index contributed by atoms with van der Waals surface area (Å²) in [5.41, 5.74) is 0.279. The maximum absolute atomic E-state index is 11.9. The largest absolute Gasteiger partial charge is 0.478 e. The van der Waals surface area contributed by atoms with Crippen molar-refractivity contribution in [3.8, 4) is 0 Å². The lowest BCUT2D eigenvalue weighted by Gasteiger charge is -2.17. The Balaban J connectivity index is 2.50. The number of aromatic carboxylic acids is 1. The third-order valence-corrected chi connectivity index (χ3v) is 2.69. The highest BCUT2D eigenvalue weighted by molar-refractivity contribution is 5.92. The number of rotatable bonds is 6. The zero-order chi connectivity index (χ0) is 15.8. The first-order chi connectivity index (χ1) is 9.93. The molecule has 1 aromatic heterocycles. The van der Waals surface area contributed by atoms with Crippen LogP contribution in [0.4, 0.5) is 10.5 Å². The lowest BCUT2D eigenvalue weighted by atomic mass is 10.2. The molecule has 0 radical (unpaired) electrons. The average Bonchev–Trinajstić information content (AvgIpc) is 2.47. The number of carbonyl (C=O) groups is 3. The number of esters is 1. The molecule has 0 aliphatic heterocycles. The van der Waals surface area contributed by atoms with Crippen LogP contribution in [0.15, 0.2) is 18.5 Å². The zero-order valence-corrected chi connectivity index (χ0v) is 11.8. The fraction of sp³-hybridized carbons (Fsp3) is 0.385. The number of methoxy groups -OCH3 is 1. The Kier molecular flexibility index (Phi) is 6.12.